The average molecular weight is 212 g/mol. The Kier molecular flexibility index (Phi) is 4.46. The molecule has 1 aromatic rings. The molecule has 0 atom stereocenters. The Morgan fingerprint density at radius 1 is 1.25 bits per heavy atom. The van der Waals surface area contributed by atoms with Crippen molar-refractivity contribution < 1.29 is 4.79 Å². The number of rotatable bonds is 4. The van der Waals surface area contributed by atoms with E-state index in [0.717, 1.165) is 16.7 Å². The monoisotopic (exact) mass is 212 g/mol. The van der Waals surface area contributed by atoms with Gasteiger partial charge in [-0.1, -0.05) is 49.1 Å². The molecular weight excluding hydrogens is 196 g/mol. The number of benzene rings is 1. The van der Waals surface area contributed by atoms with Crippen LogP contribution in [0.25, 0.3) is 5.57 Å². The second kappa shape index (κ2) is 5.86. The molecule has 0 spiro atoms. The third-order valence-electron chi connectivity index (χ3n) is 2.24. The number of carbonyl (C=O) groups is 1. The van der Waals surface area contributed by atoms with Gasteiger partial charge >= 0.3 is 0 Å². The third-order valence-corrected chi connectivity index (χ3v) is 2.24. The van der Waals surface area contributed by atoms with Crippen molar-refractivity contribution in [3.63, 3.8) is 0 Å². The van der Waals surface area contributed by atoms with Gasteiger partial charge in [-0.05, 0) is 31.1 Å². The van der Waals surface area contributed by atoms with Crippen molar-refractivity contribution in [1.82, 2.24) is 0 Å². The van der Waals surface area contributed by atoms with E-state index in [2.05, 4.69) is 6.58 Å². The molecule has 0 heterocycles. The van der Waals surface area contributed by atoms with Crippen molar-refractivity contribution in [3.05, 3.63) is 66.3 Å². The molecule has 0 N–H and O–H groups in total. The summed E-state index contributed by atoms with van der Waals surface area (Å²) in [5.74, 6) is 0.0760. The Bertz CT molecular complexity index is 450. The van der Waals surface area contributed by atoms with E-state index in [4.69, 9.17) is 0 Å². The summed E-state index contributed by atoms with van der Waals surface area (Å²) in [6.07, 6.45) is 7.76. The summed E-state index contributed by atoms with van der Waals surface area (Å²) in [4.78, 5) is 11.2. The first-order chi connectivity index (χ1) is 7.65. The number of carbonyl (C=O) groups excluding carboxylic acids is 1. The normalized spacial score (nSPS) is 11.1. The van der Waals surface area contributed by atoms with Gasteiger partial charge in [0.05, 0.1) is 0 Å². The topological polar surface area (TPSA) is 17.1 Å². The fraction of sp³-hybridized carbons (Fsp3) is 0.133. The maximum Gasteiger partial charge on any atom is 0.159 e. The summed E-state index contributed by atoms with van der Waals surface area (Å²) < 4.78 is 0. The van der Waals surface area contributed by atoms with Crippen molar-refractivity contribution >= 4 is 11.4 Å². The lowest BCUT2D eigenvalue weighted by Crippen LogP contribution is -1.92. The van der Waals surface area contributed by atoms with Gasteiger partial charge in [-0.15, -0.1) is 0 Å². The molecule has 0 saturated heterocycles. The zero-order valence-electron chi connectivity index (χ0n) is 9.73. The highest BCUT2D eigenvalue weighted by Gasteiger charge is 2.00. The first kappa shape index (κ1) is 12.2. The van der Waals surface area contributed by atoms with E-state index in [1.54, 1.807) is 6.92 Å². The summed E-state index contributed by atoms with van der Waals surface area (Å²) in [7, 11) is 0. The highest BCUT2D eigenvalue weighted by Crippen LogP contribution is 2.15. The molecule has 0 aliphatic heterocycles. The van der Waals surface area contributed by atoms with Gasteiger partial charge in [0.1, 0.15) is 0 Å². The van der Waals surface area contributed by atoms with Gasteiger partial charge in [0.25, 0.3) is 0 Å². The van der Waals surface area contributed by atoms with Gasteiger partial charge in [0, 0.05) is 5.56 Å². The summed E-state index contributed by atoms with van der Waals surface area (Å²) in [6, 6.07) is 7.51. The minimum atomic E-state index is 0.0760. The van der Waals surface area contributed by atoms with Crippen LogP contribution >= 0.6 is 0 Å². The molecule has 1 aromatic carbocycles. The molecule has 0 aliphatic carbocycles. The summed E-state index contributed by atoms with van der Waals surface area (Å²) >= 11 is 0. The van der Waals surface area contributed by atoms with E-state index in [-0.39, 0.29) is 5.78 Å². The van der Waals surface area contributed by atoms with Gasteiger partial charge in [-0.2, -0.15) is 0 Å². The Morgan fingerprint density at radius 3 is 2.56 bits per heavy atom. The maximum atomic E-state index is 11.2. The third kappa shape index (κ3) is 3.35. The highest BCUT2D eigenvalue weighted by molar-refractivity contribution is 5.95. The van der Waals surface area contributed by atoms with Crippen molar-refractivity contribution in [1.29, 1.82) is 0 Å². The lowest BCUT2D eigenvalue weighted by atomic mass is 10.0. The van der Waals surface area contributed by atoms with Crippen LogP contribution in [0.4, 0.5) is 0 Å². The van der Waals surface area contributed by atoms with Gasteiger partial charge < -0.3 is 0 Å². The second-order valence-corrected chi connectivity index (χ2v) is 3.55. The van der Waals surface area contributed by atoms with Crippen LogP contribution in [0.5, 0.6) is 0 Å². The van der Waals surface area contributed by atoms with E-state index in [1.807, 2.05) is 55.5 Å². The predicted octanol–water partition coefficient (Wildman–Crippen LogP) is 4.03. The second-order valence-electron chi connectivity index (χ2n) is 3.55. The largest absolute Gasteiger partial charge is 0.295 e. The highest BCUT2D eigenvalue weighted by atomic mass is 16.1. The fourth-order valence-electron chi connectivity index (χ4n) is 1.32. The first-order valence-corrected chi connectivity index (χ1v) is 5.25. The minimum Gasteiger partial charge on any atom is -0.295 e. The van der Waals surface area contributed by atoms with Crippen LogP contribution in [0, 0.1) is 0 Å². The molecule has 0 amide bonds. The number of allylic oxidation sites excluding steroid dienone is 5. The predicted molar refractivity (Wildman–Crippen MR) is 69.4 cm³/mol. The first-order valence-electron chi connectivity index (χ1n) is 5.25. The molecule has 1 rings (SSSR count). The molecular formula is C15H16O. The zero-order chi connectivity index (χ0) is 12.0. The molecule has 0 fully saturated rings. The Hall–Kier alpha value is -1.89. The molecule has 1 heteroatoms. The van der Waals surface area contributed by atoms with Crippen LogP contribution in [0.15, 0.2) is 55.1 Å². The quantitative estimate of drug-likeness (QED) is 0.544. The lowest BCUT2D eigenvalue weighted by Gasteiger charge is -2.02. The summed E-state index contributed by atoms with van der Waals surface area (Å²) in [6.45, 7) is 7.49. The van der Waals surface area contributed by atoms with Crippen LogP contribution in [-0.4, -0.2) is 5.78 Å². The molecule has 0 unspecified atom stereocenters. The van der Waals surface area contributed by atoms with Gasteiger partial charge in [0.2, 0.25) is 0 Å². The molecule has 82 valence electrons. The summed E-state index contributed by atoms with van der Waals surface area (Å²) in [5.41, 5.74) is 2.60. The number of ketones is 1. The fourth-order valence-corrected chi connectivity index (χ4v) is 1.32. The van der Waals surface area contributed by atoms with Crippen LogP contribution < -0.4 is 0 Å². The smallest absolute Gasteiger partial charge is 0.159 e. The van der Waals surface area contributed by atoms with Crippen LogP contribution in [0.3, 0.4) is 0 Å². The molecule has 0 radical (unpaired) electrons. The lowest BCUT2D eigenvalue weighted by molar-refractivity contribution is 0.101. The average Bonchev–Trinajstić information content (AvgIpc) is 2.29. The van der Waals surface area contributed by atoms with Gasteiger partial charge in [-0.3, -0.25) is 4.79 Å². The Balaban J connectivity index is 2.92. The van der Waals surface area contributed by atoms with E-state index in [0.29, 0.717) is 0 Å². The Morgan fingerprint density at radius 2 is 1.94 bits per heavy atom. The van der Waals surface area contributed by atoms with Crippen molar-refractivity contribution in [3.8, 4) is 0 Å². The van der Waals surface area contributed by atoms with E-state index in [1.165, 1.54) is 0 Å². The molecule has 0 saturated carbocycles. The van der Waals surface area contributed by atoms with Gasteiger partial charge in [-0.25, -0.2) is 0 Å². The van der Waals surface area contributed by atoms with E-state index >= 15 is 0 Å². The molecule has 1 nitrogen and oxygen atoms in total. The van der Waals surface area contributed by atoms with Crippen LogP contribution in [-0.2, 0) is 0 Å². The Labute approximate surface area is 96.8 Å². The van der Waals surface area contributed by atoms with Crippen molar-refractivity contribution in [2.24, 2.45) is 0 Å². The van der Waals surface area contributed by atoms with Crippen LogP contribution in [0.1, 0.15) is 29.8 Å². The van der Waals surface area contributed by atoms with Gasteiger partial charge in [0.15, 0.2) is 5.78 Å². The minimum absolute atomic E-state index is 0.0760. The molecule has 16 heavy (non-hydrogen) atoms. The molecule has 0 aliphatic rings. The standard InChI is InChI=1S/C15H16O/c1-4-5-6-8-12(2)14-9-7-10-15(11-14)13(3)16/h4-11H,2H2,1,3H3/b5-4-,8-6-. The summed E-state index contributed by atoms with van der Waals surface area (Å²) in [5, 5.41) is 0. The molecule has 0 bridgehead atoms. The SMILES string of the molecule is C=C(/C=C\C=C/C)c1cccc(C(C)=O)c1. The van der Waals surface area contributed by atoms with E-state index < -0.39 is 0 Å². The van der Waals surface area contributed by atoms with Crippen LogP contribution in [0.2, 0.25) is 0 Å². The number of Topliss-reactive ketones (excluding diaryl/α,β-unsaturated/α-hetero) is 1. The maximum absolute atomic E-state index is 11.2. The number of hydrogen-bond donors (Lipinski definition) is 0. The van der Waals surface area contributed by atoms with Crippen molar-refractivity contribution in [2.45, 2.75) is 13.8 Å². The van der Waals surface area contributed by atoms with Crippen molar-refractivity contribution in [2.75, 3.05) is 0 Å². The molecule has 0 aromatic heterocycles. The number of hydrogen-bond acceptors (Lipinski definition) is 1. The van der Waals surface area contributed by atoms with E-state index in [9.17, 15) is 4.79 Å². The zero-order valence-corrected chi connectivity index (χ0v) is 9.73.